The molecule has 1 aliphatic rings. The van der Waals surface area contributed by atoms with Crippen molar-refractivity contribution in [3.8, 4) is 0 Å². The van der Waals surface area contributed by atoms with Gasteiger partial charge in [-0.05, 0) is 49.4 Å². The topological polar surface area (TPSA) is 64.7 Å². The summed E-state index contributed by atoms with van der Waals surface area (Å²) < 4.78 is 26.2. The fraction of sp³-hybridized carbons (Fsp3) is 0.364. The molecule has 0 bridgehead atoms. The zero-order chi connectivity index (χ0) is 21.5. The van der Waals surface area contributed by atoms with Gasteiger partial charge >= 0.3 is 0 Å². The highest BCUT2D eigenvalue weighted by Gasteiger charge is 2.25. The molecular formula is C22H26F2N4O2. The van der Waals surface area contributed by atoms with Crippen LogP contribution in [0.5, 0.6) is 0 Å². The van der Waals surface area contributed by atoms with Crippen LogP contribution in [0, 0.1) is 11.6 Å². The maximum Gasteiger partial charge on any atom is 0.241 e. The summed E-state index contributed by atoms with van der Waals surface area (Å²) in [6.07, 6.45) is 0.340. The number of carbonyl (C=O) groups excluding carboxylic acids is 2. The van der Waals surface area contributed by atoms with Crippen molar-refractivity contribution in [2.45, 2.75) is 19.4 Å². The number of halogens is 2. The molecule has 1 saturated heterocycles. The van der Waals surface area contributed by atoms with E-state index in [4.69, 9.17) is 0 Å². The minimum atomic E-state index is -0.391. The second kappa shape index (κ2) is 10.3. The molecule has 1 unspecified atom stereocenters. The molecule has 1 aliphatic heterocycles. The first-order chi connectivity index (χ1) is 14.4. The molecule has 1 atom stereocenters. The van der Waals surface area contributed by atoms with Crippen molar-refractivity contribution >= 4 is 23.2 Å². The molecule has 2 amide bonds. The molecule has 2 aromatic carbocycles. The van der Waals surface area contributed by atoms with E-state index in [9.17, 15) is 18.4 Å². The Hall–Kier alpha value is -2.84. The van der Waals surface area contributed by atoms with E-state index < -0.39 is 5.82 Å². The van der Waals surface area contributed by atoms with Crippen molar-refractivity contribution in [1.82, 2.24) is 9.80 Å². The van der Waals surface area contributed by atoms with Crippen LogP contribution in [-0.4, -0.2) is 60.4 Å². The number of nitrogens with zero attached hydrogens (tertiary/aromatic N) is 2. The van der Waals surface area contributed by atoms with Gasteiger partial charge in [0.05, 0.1) is 6.04 Å². The molecule has 160 valence electrons. The number of benzene rings is 2. The van der Waals surface area contributed by atoms with Gasteiger partial charge in [-0.3, -0.25) is 14.5 Å². The highest BCUT2D eigenvalue weighted by molar-refractivity contribution is 5.94. The Bertz CT molecular complexity index is 868. The highest BCUT2D eigenvalue weighted by atomic mass is 19.1. The molecule has 6 nitrogen and oxygen atoms in total. The van der Waals surface area contributed by atoms with Gasteiger partial charge in [0, 0.05) is 50.5 Å². The van der Waals surface area contributed by atoms with Crippen LogP contribution in [0.4, 0.5) is 20.2 Å². The lowest BCUT2D eigenvalue weighted by Gasteiger charge is -2.37. The Kier molecular flexibility index (Phi) is 7.48. The zero-order valence-corrected chi connectivity index (χ0v) is 16.9. The van der Waals surface area contributed by atoms with Crippen LogP contribution < -0.4 is 10.6 Å². The average molecular weight is 416 g/mol. The lowest BCUT2D eigenvalue weighted by Crippen LogP contribution is -2.53. The molecule has 30 heavy (non-hydrogen) atoms. The van der Waals surface area contributed by atoms with Gasteiger partial charge in [0.25, 0.3) is 0 Å². The maximum atomic E-state index is 13.3. The van der Waals surface area contributed by atoms with Crippen LogP contribution >= 0.6 is 0 Å². The Morgan fingerprint density at radius 3 is 2.30 bits per heavy atom. The third-order valence-corrected chi connectivity index (χ3v) is 5.21. The monoisotopic (exact) mass is 416 g/mol. The molecule has 0 aromatic heterocycles. The van der Waals surface area contributed by atoms with Crippen LogP contribution in [0.1, 0.15) is 13.3 Å². The van der Waals surface area contributed by atoms with E-state index in [0.717, 1.165) is 13.1 Å². The summed E-state index contributed by atoms with van der Waals surface area (Å²) in [4.78, 5) is 28.8. The first-order valence-electron chi connectivity index (χ1n) is 9.99. The summed E-state index contributed by atoms with van der Waals surface area (Å²) in [7, 11) is 0. The number of anilines is 2. The molecule has 2 aromatic rings. The molecule has 1 heterocycles. The van der Waals surface area contributed by atoms with E-state index in [0.29, 0.717) is 37.4 Å². The fourth-order valence-electron chi connectivity index (χ4n) is 3.37. The first kappa shape index (κ1) is 21.9. The molecule has 2 N–H and O–H groups in total. The molecule has 0 saturated carbocycles. The summed E-state index contributed by atoms with van der Waals surface area (Å²) >= 11 is 0. The number of piperazine rings is 1. The molecular weight excluding hydrogens is 390 g/mol. The van der Waals surface area contributed by atoms with Gasteiger partial charge < -0.3 is 15.5 Å². The van der Waals surface area contributed by atoms with Gasteiger partial charge in [0.2, 0.25) is 11.8 Å². The molecule has 0 radical (unpaired) electrons. The van der Waals surface area contributed by atoms with E-state index in [1.165, 1.54) is 36.4 Å². The summed E-state index contributed by atoms with van der Waals surface area (Å²) in [5.74, 6) is -1.03. The maximum absolute atomic E-state index is 13.3. The highest BCUT2D eigenvalue weighted by Crippen LogP contribution is 2.13. The number of nitrogens with one attached hydrogen (secondary N) is 2. The van der Waals surface area contributed by atoms with E-state index in [1.54, 1.807) is 12.1 Å². The predicted molar refractivity (Wildman–Crippen MR) is 112 cm³/mol. The number of amides is 2. The Labute approximate surface area is 174 Å². The van der Waals surface area contributed by atoms with E-state index >= 15 is 0 Å². The van der Waals surface area contributed by atoms with E-state index in [2.05, 4.69) is 20.4 Å². The van der Waals surface area contributed by atoms with Crippen LogP contribution in [-0.2, 0) is 9.59 Å². The van der Waals surface area contributed by atoms with Crippen LogP contribution in [0.25, 0.3) is 0 Å². The molecule has 3 rings (SSSR count). The van der Waals surface area contributed by atoms with Crippen molar-refractivity contribution < 1.29 is 18.4 Å². The Morgan fingerprint density at radius 2 is 1.63 bits per heavy atom. The SMILES string of the molecule is CC(C(=O)Nc1cccc(F)c1)N1CCN(CCC(=O)Nc2ccc(F)cc2)CC1. The summed E-state index contributed by atoms with van der Waals surface area (Å²) in [6, 6.07) is 11.2. The molecule has 0 spiro atoms. The minimum Gasteiger partial charge on any atom is -0.326 e. The Morgan fingerprint density at radius 1 is 0.933 bits per heavy atom. The number of rotatable bonds is 7. The normalized spacial score (nSPS) is 16.1. The summed E-state index contributed by atoms with van der Waals surface area (Å²) in [5, 5.41) is 5.50. The minimum absolute atomic E-state index is 0.119. The lowest BCUT2D eigenvalue weighted by atomic mass is 10.2. The molecule has 1 fully saturated rings. The van der Waals surface area contributed by atoms with Gasteiger partial charge in [0.1, 0.15) is 11.6 Å². The summed E-state index contributed by atoms with van der Waals surface area (Å²) in [6.45, 7) is 5.36. The quantitative estimate of drug-likeness (QED) is 0.729. The smallest absolute Gasteiger partial charge is 0.241 e. The van der Waals surface area contributed by atoms with Gasteiger partial charge in [0.15, 0.2) is 0 Å². The molecule has 0 aliphatic carbocycles. The van der Waals surface area contributed by atoms with Crippen molar-refractivity contribution in [2.75, 3.05) is 43.4 Å². The number of hydrogen-bond acceptors (Lipinski definition) is 4. The second-order valence-electron chi connectivity index (χ2n) is 7.36. The first-order valence-corrected chi connectivity index (χ1v) is 9.99. The van der Waals surface area contributed by atoms with Crippen molar-refractivity contribution in [2.24, 2.45) is 0 Å². The van der Waals surface area contributed by atoms with Gasteiger partial charge in [-0.15, -0.1) is 0 Å². The van der Waals surface area contributed by atoms with Gasteiger partial charge in [-0.25, -0.2) is 8.78 Å². The van der Waals surface area contributed by atoms with Crippen LogP contribution in [0.3, 0.4) is 0 Å². The summed E-state index contributed by atoms with van der Waals surface area (Å²) in [5.41, 5.74) is 1.02. The standard InChI is InChI=1S/C22H26F2N4O2/c1-16(22(30)26-20-4-2-3-18(24)15-20)28-13-11-27(12-14-28)10-9-21(29)25-19-7-5-17(23)6-8-19/h2-8,15-16H,9-14H2,1H3,(H,25,29)(H,26,30). The third kappa shape index (κ3) is 6.33. The lowest BCUT2D eigenvalue weighted by molar-refractivity contribution is -0.121. The van der Waals surface area contributed by atoms with Gasteiger partial charge in [-0.1, -0.05) is 6.07 Å². The third-order valence-electron chi connectivity index (χ3n) is 5.21. The van der Waals surface area contributed by atoms with Crippen molar-refractivity contribution in [3.63, 3.8) is 0 Å². The number of carbonyl (C=O) groups is 2. The zero-order valence-electron chi connectivity index (χ0n) is 16.9. The average Bonchev–Trinajstić information content (AvgIpc) is 2.74. The van der Waals surface area contributed by atoms with Crippen LogP contribution in [0.2, 0.25) is 0 Å². The van der Waals surface area contributed by atoms with E-state index in [-0.39, 0.29) is 23.7 Å². The fourth-order valence-corrected chi connectivity index (χ4v) is 3.37. The molecule has 8 heteroatoms. The van der Waals surface area contributed by atoms with Gasteiger partial charge in [-0.2, -0.15) is 0 Å². The van der Waals surface area contributed by atoms with Crippen molar-refractivity contribution in [1.29, 1.82) is 0 Å². The number of hydrogen-bond donors (Lipinski definition) is 2. The largest absolute Gasteiger partial charge is 0.326 e. The van der Waals surface area contributed by atoms with Crippen molar-refractivity contribution in [3.05, 3.63) is 60.2 Å². The van der Waals surface area contributed by atoms with Crippen LogP contribution in [0.15, 0.2) is 48.5 Å². The van der Waals surface area contributed by atoms with E-state index in [1.807, 2.05) is 6.92 Å². The second-order valence-corrected chi connectivity index (χ2v) is 7.36. The Balaban J connectivity index is 1.39. The predicted octanol–water partition coefficient (Wildman–Crippen LogP) is 2.94.